The highest BCUT2D eigenvalue weighted by atomic mass is 35.5. The van der Waals surface area contributed by atoms with E-state index in [0.29, 0.717) is 11.7 Å². The minimum atomic E-state index is -0.462. The van der Waals surface area contributed by atoms with Gasteiger partial charge >= 0.3 is 0 Å². The van der Waals surface area contributed by atoms with Gasteiger partial charge in [0.05, 0.1) is 0 Å². The summed E-state index contributed by atoms with van der Waals surface area (Å²) in [7, 11) is 0. The molecule has 2 unspecified atom stereocenters. The van der Waals surface area contributed by atoms with Crippen LogP contribution < -0.4 is 0 Å². The van der Waals surface area contributed by atoms with Crippen LogP contribution in [0.1, 0.15) is 32.1 Å². The first-order valence-electron chi connectivity index (χ1n) is 5.48. The van der Waals surface area contributed by atoms with Crippen molar-refractivity contribution >= 4 is 17.4 Å². The Balaban J connectivity index is 1.93. The zero-order chi connectivity index (χ0) is 9.76. The maximum Gasteiger partial charge on any atom is 0.167 e. The first-order valence-corrected chi connectivity index (χ1v) is 6.01. The summed E-state index contributed by atoms with van der Waals surface area (Å²) in [6.07, 6.45) is 5.42. The molecular weight excluding hydrogens is 200 g/mol. The lowest BCUT2D eigenvalue weighted by atomic mass is 9.53. The molecule has 0 aliphatic heterocycles. The number of carbonyl (C=O) groups excluding carboxylic acids is 1. The predicted octanol–water partition coefficient (Wildman–Crippen LogP) is 2.35. The summed E-state index contributed by atoms with van der Waals surface area (Å²) in [5, 5.41) is 0. The molecule has 4 saturated carbocycles. The molecule has 0 heterocycles. The molecule has 78 valence electrons. The summed E-state index contributed by atoms with van der Waals surface area (Å²) in [6, 6.07) is 0.165. The molecule has 0 aromatic heterocycles. The fourth-order valence-electron chi connectivity index (χ4n) is 3.99. The second-order valence-corrected chi connectivity index (χ2v) is 5.37. The average molecular weight is 215 g/mol. The van der Waals surface area contributed by atoms with E-state index in [4.69, 9.17) is 16.3 Å². The van der Waals surface area contributed by atoms with Crippen molar-refractivity contribution in [3.05, 3.63) is 0 Å². The smallest absolute Gasteiger partial charge is 0.167 e. The largest absolute Gasteiger partial charge is 0.351 e. The lowest BCUT2D eigenvalue weighted by Crippen LogP contribution is -2.59. The number of rotatable bonds is 2. The van der Waals surface area contributed by atoms with Crippen molar-refractivity contribution in [2.45, 2.75) is 37.7 Å². The van der Waals surface area contributed by atoms with Crippen molar-refractivity contribution in [2.75, 3.05) is 6.07 Å². The summed E-state index contributed by atoms with van der Waals surface area (Å²) in [5.74, 6) is 2.11. The van der Waals surface area contributed by atoms with Gasteiger partial charge in [0.25, 0.3) is 0 Å². The van der Waals surface area contributed by atoms with Crippen LogP contribution in [0.25, 0.3) is 0 Å². The van der Waals surface area contributed by atoms with E-state index >= 15 is 0 Å². The summed E-state index contributed by atoms with van der Waals surface area (Å²) < 4.78 is 5.57. The van der Waals surface area contributed by atoms with E-state index in [9.17, 15) is 4.79 Å². The normalized spacial score (nSPS) is 50.1. The molecule has 0 radical (unpaired) electrons. The second-order valence-electron chi connectivity index (χ2n) is 5.16. The highest BCUT2D eigenvalue weighted by Gasteiger charge is 2.57. The van der Waals surface area contributed by atoms with Crippen LogP contribution in [0.5, 0.6) is 0 Å². The monoisotopic (exact) mass is 214 g/mol. The third-order valence-electron chi connectivity index (χ3n) is 4.29. The Morgan fingerprint density at radius 3 is 2.50 bits per heavy atom. The Bertz CT molecular complexity index is 262. The summed E-state index contributed by atoms with van der Waals surface area (Å²) in [4.78, 5) is 12.1. The van der Waals surface area contributed by atoms with Crippen LogP contribution in [0.15, 0.2) is 0 Å². The van der Waals surface area contributed by atoms with Gasteiger partial charge in [-0.3, -0.25) is 4.79 Å². The third kappa shape index (κ3) is 1.10. The minimum absolute atomic E-state index is 0.165. The van der Waals surface area contributed by atoms with Gasteiger partial charge in [-0.2, -0.15) is 0 Å². The molecule has 2 atom stereocenters. The Labute approximate surface area is 88.9 Å². The quantitative estimate of drug-likeness (QED) is 0.660. The minimum Gasteiger partial charge on any atom is -0.351 e. The standard InChI is InChI=1S/C11H15ClO2/c12-6-14-11-4-7-1-8(5-11)3-9(2-7)10(11)13/h7-9H,1-6H2. The molecule has 0 saturated heterocycles. The predicted molar refractivity (Wildman–Crippen MR) is 53.1 cm³/mol. The van der Waals surface area contributed by atoms with E-state index in [1.165, 1.54) is 6.42 Å². The van der Waals surface area contributed by atoms with Crippen molar-refractivity contribution in [3.8, 4) is 0 Å². The van der Waals surface area contributed by atoms with E-state index in [-0.39, 0.29) is 6.07 Å². The van der Waals surface area contributed by atoms with Crippen molar-refractivity contribution in [1.82, 2.24) is 0 Å². The number of hydrogen-bond acceptors (Lipinski definition) is 2. The number of carbonyl (C=O) groups is 1. The van der Waals surface area contributed by atoms with E-state index in [1.54, 1.807) is 0 Å². The van der Waals surface area contributed by atoms with Crippen molar-refractivity contribution in [3.63, 3.8) is 0 Å². The Hall–Kier alpha value is -0.0800. The summed E-state index contributed by atoms with van der Waals surface area (Å²) in [6.45, 7) is 0. The van der Waals surface area contributed by atoms with Crippen LogP contribution >= 0.6 is 11.6 Å². The molecule has 4 bridgehead atoms. The maximum atomic E-state index is 12.1. The molecule has 0 spiro atoms. The Morgan fingerprint density at radius 1 is 1.29 bits per heavy atom. The van der Waals surface area contributed by atoms with Crippen molar-refractivity contribution in [1.29, 1.82) is 0 Å². The average Bonchev–Trinajstić information content (AvgIpc) is 2.13. The van der Waals surface area contributed by atoms with Gasteiger partial charge < -0.3 is 4.74 Å². The van der Waals surface area contributed by atoms with Crippen molar-refractivity contribution < 1.29 is 9.53 Å². The SMILES string of the molecule is O=C1C2CC3CC(C2)CC1(OCCl)C3. The van der Waals surface area contributed by atoms with E-state index in [2.05, 4.69) is 0 Å². The lowest BCUT2D eigenvalue weighted by molar-refractivity contribution is -0.177. The maximum absolute atomic E-state index is 12.1. The molecule has 0 aromatic carbocycles. The van der Waals surface area contributed by atoms with E-state index < -0.39 is 5.60 Å². The first-order chi connectivity index (χ1) is 6.73. The zero-order valence-corrected chi connectivity index (χ0v) is 8.93. The van der Waals surface area contributed by atoms with Gasteiger partial charge in [0.15, 0.2) is 5.78 Å². The molecule has 4 fully saturated rings. The molecule has 0 aromatic rings. The molecule has 2 nitrogen and oxygen atoms in total. The second kappa shape index (κ2) is 2.96. The number of ether oxygens (including phenoxy) is 1. The van der Waals surface area contributed by atoms with E-state index in [0.717, 1.165) is 37.5 Å². The van der Waals surface area contributed by atoms with Crippen LogP contribution in [-0.2, 0) is 9.53 Å². The van der Waals surface area contributed by atoms with Crippen molar-refractivity contribution in [2.24, 2.45) is 17.8 Å². The summed E-state index contributed by atoms with van der Waals surface area (Å²) in [5.41, 5.74) is -0.462. The van der Waals surface area contributed by atoms with Gasteiger partial charge in [-0.15, -0.1) is 0 Å². The van der Waals surface area contributed by atoms with Crippen LogP contribution in [0.2, 0.25) is 0 Å². The fourth-order valence-corrected chi connectivity index (χ4v) is 4.20. The van der Waals surface area contributed by atoms with Gasteiger partial charge in [0.1, 0.15) is 11.7 Å². The van der Waals surface area contributed by atoms with E-state index in [1.807, 2.05) is 0 Å². The number of ketones is 1. The number of halogens is 1. The lowest BCUT2D eigenvalue weighted by Gasteiger charge is -2.54. The van der Waals surface area contributed by atoms with Crippen LogP contribution in [0, 0.1) is 17.8 Å². The first kappa shape index (κ1) is 9.17. The molecule has 0 N–H and O–H groups in total. The highest BCUT2D eigenvalue weighted by molar-refractivity contribution is 6.17. The molecule has 4 aliphatic rings. The highest BCUT2D eigenvalue weighted by Crippen LogP contribution is 2.55. The number of alkyl halides is 1. The molecule has 4 aliphatic carbocycles. The molecule has 14 heavy (non-hydrogen) atoms. The Kier molecular flexibility index (Phi) is 1.94. The molecular formula is C11H15ClO2. The van der Waals surface area contributed by atoms with Gasteiger partial charge in [0, 0.05) is 5.92 Å². The molecule has 3 heteroatoms. The zero-order valence-electron chi connectivity index (χ0n) is 8.17. The van der Waals surface area contributed by atoms with Crippen LogP contribution in [-0.4, -0.2) is 17.5 Å². The molecule has 4 rings (SSSR count). The van der Waals surface area contributed by atoms with Gasteiger partial charge in [-0.25, -0.2) is 0 Å². The van der Waals surface area contributed by atoms with Gasteiger partial charge in [0.2, 0.25) is 0 Å². The number of Topliss-reactive ketones (excluding diaryl/α,β-unsaturated/α-hetero) is 1. The fraction of sp³-hybridized carbons (Fsp3) is 0.909. The number of hydrogen-bond donors (Lipinski definition) is 0. The van der Waals surface area contributed by atoms with Gasteiger partial charge in [-0.05, 0) is 43.9 Å². The topological polar surface area (TPSA) is 26.3 Å². The van der Waals surface area contributed by atoms with Gasteiger partial charge in [-0.1, -0.05) is 11.6 Å². The molecule has 0 amide bonds. The van der Waals surface area contributed by atoms with Crippen LogP contribution in [0.4, 0.5) is 0 Å². The Morgan fingerprint density at radius 2 is 1.93 bits per heavy atom. The van der Waals surface area contributed by atoms with Crippen LogP contribution in [0.3, 0.4) is 0 Å². The summed E-state index contributed by atoms with van der Waals surface area (Å²) >= 11 is 5.63. The third-order valence-corrected chi connectivity index (χ3v) is 4.40.